The first-order valence-corrected chi connectivity index (χ1v) is 9.73. The predicted molar refractivity (Wildman–Crippen MR) is 99.3 cm³/mol. The summed E-state index contributed by atoms with van der Waals surface area (Å²) in [7, 11) is -2.33. The fourth-order valence-electron chi connectivity index (χ4n) is 2.18. The molecule has 0 radical (unpaired) electrons. The third-order valence-electron chi connectivity index (χ3n) is 3.63. The number of hydrogen-bond donors (Lipinski definition) is 1. The van der Waals surface area contributed by atoms with Gasteiger partial charge >= 0.3 is 5.97 Å². The van der Waals surface area contributed by atoms with E-state index in [0.717, 1.165) is 5.56 Å². The molecule has 8 heteroatoms. The zero-order valence-electron chi connectivity index (χ0n) is 14.3. The average Bonchev–Trinajstić information content (AvgIpc) is 2.61. The average molecular weight is 396 g/mol. The minimum Gasteiger partial charge on any atom is -0.465 e. The molecule has 0 saturated heterocycles. The number of aryl methyl sites for hydroxylation is 1. The Morgan fingerprint density at radius 3 is 2.38 bits per heavy atom. The summed E-state index contributed by atoms with van der Waals surface area (Å²) >= 11 is 5.91. The van der Waals surface area contributed by atoms with Crippen LogP contribution in [-0.4, -0.2) is 33.2 Å². The summed E-state index contributed by atoms with van der Waals surface area (Å²) in [6, 6.07) is 10.8. The lowest BCUT2D eigenvalue weighted by molar-refractivity contribution is -0.115. The van der Waals surface area contributed by atoms with E-state index in [1.807, 2.05) is 6.92 Å². The van der Waals surface area contributed by atoms with Crippen LogP contribution in [0.15, 0.2) is 47.4 Å². The van der Waals surface area contributed by atoms with Gasteiger partial charge in [0, 0.05) is 12.1 Å². The van der Waals surface area contributed by atoms with Gasteiger partial charge in [0.1, 0.15) is 0 Å². The van der Waals surface area contributed by atoms with Crippen LogP contribution in [-0.2, 0) is 19.4 Å². The van der Waals surface area contributed by atoms with E-state index in [1.165, 1.54) is 37.4 Å². The summed E-state index contributed by atoms with van der Waals surface area (Å²) in [5, 5.41) is 2.74. The van der Waals surface area contributed by atoms with Crippen LogP contribution >= 0.6 is 11.6 Å². The van der Waals surface area contributed by atoms with Gasteiger partial charge in [0.2, 0.25) is 5.91 Å². The Morgan fingerprint density at radius 2 is 1.77 bits per heavy atom. The molecule has 0 bridgehead atoms. The topological polar surface area (TPSA) is 89.5 Å². The Balaban J connectivity index is 2.03. The molecule has 0 spiro atoms. The number of esters is 1. The Labute approximate surface area is 157 Å². The Hall–Kier alpha value is -2.38. The molecule has 26 heavy (non-hydrogen) atoms. The van der Waals surface area contributed by atoms with Crippen molar-refractivity contribution in [2.45, 2.75) is 18.2 Å². The molecule has 6 nitrogen and oxygen atoms in total. The Bertz CT molecular complexity index is 923. The zero-order valence-corrected chi connectivity index (χ0v) is 15.9. The van der Waals surface area contributed by atoms with Gasteiger partial charge in [-0.1, -0.05) is 29.3 Å². The third-order valence-corrected chi connectivity index (χ3v) is 5.69. The number of carbonyl (C=O) groups is 2. The number of sulfone groups is 1. The van der Waals surface area contributed by atoms with Gasteiger partial charge in [0.05, 0.1) is 28.3 Å². The summed E-state index contributed by atoms with van der Waals surface area (Å²) in [6.45, 7) is 1.86. The van der Waals surface area contributed by atoms with E-state index in [9.17, 15) is 18.0 Å². The Morgan fingerprint density at radius 1 is 1.12 bits per heavy atom. The van der Waals surface area contributed by atoms with Crippen molar-refractivity contribution < 1.29 is 22.7 Å². The highest BCUT2D eigenvalue weighted by Crippen LogP contribution is 2.21. The van der Waals surface area contributed by atoms with E-state index in [1.54, 1.807) is 12.1 Å². The third kappa shape index (κ3) is 5.06. The predicted octanol–water partition coefficient (Wildman–Crippen LogP) is 3.24. The lowest BCUT2D eigenvalue weighted by Gasteiger charge is -2.09. The van der Waals surface area contributed by atoms with E-state index in [4.69, 9.17) is 11.6 Å². The molecular weight excluding hydrogens is 378 g/mol. The minimum atomic E-state index is -3.55. The van der Waals surface area contributed by atoms with Crippen LogP contribution in [0.2, 0.25) is 5.02 Å². The molecule has 0 atom stereocenters. The monoisotopic (exact) mass is 395 g/mol. The molecule has 1 amide bonds. The van der Waals surface area contributed by atoms with Crippen molar-refractivity contribution in [1.29, 1.82) is 0 Å². The highest BCUT2D eigenvalue weighted by atomic mass is 35.5. The largest absolute Gasteiger partial charge is 0.465 e. The normalized spacial score (nSPS) is 11.0. The standard InChI is InChI=1S/C18H18ClNO5S/c1-12-3-6-14(7-4-12)26(23,24)10-9-17(21)20-13-5-8-16(19)15(11-13)18(22)25-2/h3-8,11H,9-10H2,1-2H3,(H,20,21). The lowest BCUT2D eigenvalue weighted by Crippen LogP contribution is -2.17. The SMILES string of the molecule is COC(=O)c1cc(NC(=O)CCS(=O)(=O)c2ccc(C)cc2)ccc1Cl. The fraction of sp³-hybridized carbons (Fsp3) is 0.222. The van der Waals surface area contributed by atoms with Gasteiger partial charge < -0.3 is 10.1 Å². The maximum Gasteiger partial charge on any atom is 0.339 e. The van der Waals surface area contributed by atoms with E-state index in [0.29, 0.717) is 5.69 Å². The van der Waals surface area contributed by atoms with Crippen LogP contribution in [0.4, 0.5) is 5.69 Å². The molecule has 1 N–H and O–H groups in total. The fourth-order valence-corrected chi connectivity index (χ4v) is 3.62. The second kappa shape index (κ2) is 8.33. The first-order valence-electron chi connectivity index (χ1n) is 7.70. The molecule has 0 fully saturated rings. The quantitative estimate of drug-likeness (QED) is 0.758. The van der Waals surface area contributed by atoms with Gasteiger partial charge in [0.25, 0.3) is 0 Å². The molecule has 0 saturated carbocycles. The molecule has 0 aliphatic heterocycles. The van der Waals surface area contributed by atoms with E-state index in [2.05, 4.69) is 10.1 Å². The molecule has 2 aromatic carbocycles. The summed E-state index contributed by atoms with van der Waals surface area (Å²) in [5.41, 5.74) is 1.39. The second-order valence-electron chi connectivity index (χ2n) is 5.62. The summed E-state index contributed by atoms with van der Waals surface area (Å²) < 4.78 is 29.1. The summed E-state index contributed by atoms with van der Waals surface area (Å²) in [6.07, 6.45) is -0.216. The molecular formula is C18H18ClNO5S. The van der Waals surface area contributed by atoms with Crippen molar-refractivity contribution in [3.63, 3.8) is 0 Å². The maximum atomic E-state index is 12.3. The maximum absolute atomic E-state index is 12.3. The molecule has 2 rings (SSSR count). The van der Waals surface area contributed by atoms with Crippen LogP contribution < -0.4 is 5.32 Å². The zero-order chi connectivity index (χ0) is 19.3. The molecule has 0 heterocycles. The lowest BCUT2D eigenvalue weighted by atomic mass is 10.2. The molecule has 0 aromatic heterocycles. The highest BCUT2D eigenvalue weighted by Gasteiger charge is 2.17. The molecule has 138 valence electrons. The smallest absolute Gasteiger partial charge is 0.339 e. The molecule has 0 unspecified atom stereocenters. The van der Waals surface area contributed by atoms with E-state index < -0.39 is 21.7 Å². The van der Waals surface area contributed by atoms with E-state index >= 15 is 0 Å². The number of nitrogens with one attached hydrogen (secondary N) is 1. The van der Waals surface area contributed by atoms with Gasteiger partial charge in [-0.15, -0.1) is 0 Å². The van der Waals surface area contributed by atoms with Gasteiger partial charge in [-0.2, -0.15) is 0 Å². The number of methoxy groups -OCH3 is 1. The number of hydrogen-bond acceptors (Lipinski definition) is 5. The van der Waals surface area contributed by atoms with Gasteiger partial charge in [-0.05, 0) is 37.3 Å². The highest BCUT2D eigenvalue weighted by molar-refractivity contribution is 7.91. The van der Waals surface area contributed by atoms with Crippen molar-refractivity contribution in [1.82, 2.24) is 0 Å². The molecule has 0 aliphatic carbocycles. The van der Waals surface area contributed by atoms with Crippen LogP contribution in [0.5, 0.6) is 0 Å². The first kappa shape index (κ1) is 19.9. The van der Waals surface area contributed by atoms with Gasteiger partial charge in [0.15, 0.2) is 9.84 Å². The summed E-state index contributed by atoms with van der Waals surface area (Å²) in [5.74, 6) is -1.44. The second-order valence-corrected chi connectivity index (χ2v) is 8.13. The molecule has 0 aliphatic rings. The molecule has 2 aromatic rings. The van der Waals surface area contributed by atoms with Gasteiger partial charge in [-0.3, -0.25) is 4.79 Å². The van der Waals surface area contributed by atoms with Crippen LogP contribution in [0, 0.1) is 6.92 Å². The number of halogens is 1. The van der Waals surface area contributed by atoms with Crippen molar-refractivity contribution in [3.05, 3.63) is 58.6 Å². The van der Waals surface area contributed by atoms with Crippen molar-refractivity contribution in [2.75, 3.05) is 18.2 Å². The first-order chi connectivity index (χ1) is 12.2. The van der Waals surface area contributed by atoms with Crippen molar-refractivity contribution >= 4 is 39.0 Å². The number of anilines is 1. The van der Waals surface area contributed by atoms with Gasteiger partial charge in [-0.25, -0.2) is 13.2 Å². The van der Waals surface area contributed by atoms with Crippen LogP contribution in [0.25, 0.3) is 0 Å². The van der Waals surface area contributed by atoms with Crippen LogP contribution in [0.1, 0.15) is 22.3 Å². The number of amides is 1. The number of rotatable bonds is 6. The van der Waals surface area contributed by atoms with E-state index in [-0.39, 0.29) is 27.7 Å². The minimum absolute atomic E-state index is 0.110. The van der Waals surface area contributed by atoms with Crippen molar-refractivity contribution in [3.8, 4) is 0 Å². The van der Waals surface area contributed by atoms with Crippen molar-refractivity contribution in [2.24, 2.45) is 0 Å². The van der Waals surface area contributed by atoms with Crippen LogP contribution in [0.3, 0.4) is 0 Å². The number of carbonyl (C=O) groups excluding carboxylic acids is 2. The number of ether oxygens (including phenoxy) is 1. The Kier molecular flexibility index (Phi) is 6.39. The number of benzene rings is 2. The summed E-state index contributed by atoms with van der Waals surface area (Å²) in [4.78, 5) is 23.8.